The molecule has 0 spiro atoms. The number of fused-ring (bicyclic) bond motifs is 7. The summed E-state index contributed by atoms with van der Waals surface area (Å²) in [4.78, 5) is 19.9. The minimum absolute atomic E-state index is 0.631. The molecule has 0 amide bonds. The largest absolute Gasteiger partial charge is 0.455 e. The zero-order valence-electron chi connectivity index (χ0n) is 27.4. The first-order chi connectivity index (χ1) is 25.3. The van der Waals surface area contributed by atoms with E-state index < -0.39 is 0 Å². The lowest BCUT2D eigenvalue weighted by atomic mass is 9.95. The summed E-state index contributed by atoms with van der Waals surface area (Å²) < 4.78 is 6.53. The quantitative estimate of drug-likeness (QED) is 0.173. The summed E-state index contributed by atoms with van der Waals surface area (Å²) in [5.74, 6) is 1.92. The van der Waals surface area contributed by atoms with Crippen molar-refractivity contribution in [3.63, 3.8) is 0 Å². The lowest BCUT2D eigenvalue weighted by Crippen LogP contribution is -2.00. The molecule has 0 saturated carbocycles. The Morgan fingerprint density at radius 1 is 0.333 bits per heavy atom. The molecule has 10 rings (SSSR count). The van der Waals surface area contributed by atoms with Crippen molar-refractivity contribution in [3.05, 3.63) is 170 Å². The Kier molecular flexibility index (Phi) is 6.74. The van der Waals surface area contributed by atoms with E-state index in [1.807, 2.05) is 78.9 Å². The van der Waals surface area contributed by atoms with Gasteiger partial charge in [0.2, 0.25) is 0 Å². The van der Waals surface area contributed by atoms with Gasteiger partial charge in [-0.15, -0.1) is 0 Å². The molecule has 0 aliphatic carbocycles. The van der Waals surface area contributed by atoms with E-state index in [-0.39, 0.29) is 0 Å². The van der Waals surface area contributed by atoms with E-state index in [4.69, 9.17) is 24.4 Å². The van der Waals surface area contributed by atoms with Gasteiger partial charge in [0.25, 0.3) is 0 Å². The zero-order chi connectivity index (χ0) is 33.7. The third-order valence-corrected chi connectivity index (χ3v) is 9.52. The third kappa shape index (κ3) is 5.03. The van der Waals surface area contributed by atoms with Crippen LogP contribution >= 0.6 is 0 Å². The first kappa shape index (κ1) is 29.0. The van der Waals surface area contributed by atoms with Crippen LogP contribution in [-0.2, 0) is 0 Å². The lowest BCUT2D eigenvalue weighted by Gasteiger charge is -2.12. The molecule has 0 aliphatic rings. The number of benzene rings is 7. The molecule has 238 valence electrons. The predicted molar refractivity (Wildman–Crippen MR) is 207 cm³/mol. The van der Waals surface area contributed by atoms with Gasteiger partial charge in [0.15, 0.2) is 17.5 Å². The second-order valence-corrected chi connectivity index (χ2v) is 12.6. The fourth-order valence-electron chi connectivity index (χ4n) is 7.03. The SMILES string of the molecule is c1ccc(-c2nc(-c3ccccc3)nc(-c3ccc(-c4cccc(-c5nc6ccccc6c6c5ccc5c7ccccc7oc56)c4)cc3)n2)cc1. The Labute approximate surface area is 293 Å². The third-order valence-electron chi connectivity index (χ3n) is 9.52. The molecule has 7 aromatic carbocycles. The average Bonchev–Trinajstić information content (AvgIpc) is 3.60. The maximum absolute atomic E-state index is 6.53. The molecule has 0 fully saturated rings. The summed E-state index contributed by atoms with van der Waals surface area (Å²) >= 11 is 0. The van der Waals surface area contributed by atoms with Gasteiger partial charge in [-0.2, -0.15) is 0 Å². The van der Waals surface area contributed by atoms with Crippen molar-refractivity contribution < 1.29 is 4.42 Å². The molecular weight excluding hydrogens is 625 g/mol. The summed E-state index contributed by atoms with van der Waals surface area (Å²) in [5, 5.41) is 5.45. The average molecular weight is 653 g/mol. The molecule has 0 N–H and O–H groups in total. The van der Waals surface area contributed by atoms with Crippen molar-refractivity contribution in [3.8, 4) is 56.5 Å². The summed E-state index contributed by atoms with van der Waals surface area (Å²) in [6.07, 6.45) is 0. The van der Waals surface area contributed by atoms with Crippen LogP contribution in [0, 0.1) is 0 Å². The van der Waals surface area contributed by atoms with Gasteiger partial charge < -0.3 is 4.42 Å². The molecule has 3 aromatic heterocycles. The van der Waals surface area contributed by atoms with E-state index in [0.29, 0.717) is 17.5 Å². The molecule has 0 atom stereocenters. The summed E-state index contributed by atoms with van der Waals surface area (Å²) in [6, 6.07) is 58.0. The molecule has 5 heteroatoms. The molecule has 51 heavy (non-hydrogen) atoms. The highest BCUT2D eigenvalue weighted by Gasteiger charge is 2.18. The number of pyridine rings is 1. The molecule has 0 saturated heterocycles. The summed E-state index contributed by atoms with van der Waals surface area (Å²) in [6.45, 7) is 0. The van der Waals surface area contributed by atoms with Crippen molar-refractivity contribution in [2.75, 3.05) is 0 Å². The van der Waals surface area contributed by atoms with Gasteiger partial charge >= 0.3 is 0 Å². The lowest BCUT2D eigenvalue weighted by molar-refractivity contribution is 0.673. The molecular formula is C46H28N4O. The Bertz CT molecular complexity index is 2840. The van der Waals surface area contributed by atoms with Gasteiger partial charge in [-0.1, -0.05) is 146 Å². The number of para-hydroxylation sites is 2. The maximum atomic E-state index is 6.53. The van der Waals surface area contributed by atoms with Crippen molar-refractivity contribution in [2.24, 2.45) is 0 Å². The number of hydrogen-bond donors (Lipinski definition) is 0. The molecule has 0 bridgehead atoms. The highest BCUT2D eigenvalue weighted by molar-refractivity contribution is 6.24. The topological polar surface area (TPSA) is 64.7 Å². The molecule has 0 aliphatic heterocycles. The number of furan rings is 1. The minimum Gasteiger partial charge on any atom is -0.455 e. The monoisotopic (exact) mass is 652 g/mol. The van der Waals surface area contributed by atoms with Gasteiger partial charge in [0.1, 0.15) is 11.2 Å². The number of rotatable bonds is 5. The van der Waals surface area contributed by atoms with Crippen LogP contribution in [0.2, 0.25) is 0 Å². The Morgan fingerprint density at radius 2 is 0.863 bits per heavy atom. The number of aromatic nitrogens is 4. The fraction of sp³-hybridized carbons (Fsp3) is 0. The fourth-order valence-corrected chi connectivity index (χ4v) is 7.03. The molecule has 0 radical (unpaired) electrons. The van der Waals surface area contributed by atoms with Crippen molar-refractivity contribution >= 4 is 43.6 Å². The van der Waals surface area contributed by atoms with Gasteiger partial charge in [-0.05, 0) is 35.4 Å². The van der Waals surface area contributed by atoms with Gasteiger partial charge in [-0.25, -0.2) is 19.9 Å². The van der Waals surface area contributed by atoms with Crippen LogP contribution in [-0.4, -0.2) is 19.9 Å². The van der Waals surface area contributed by atoms with Crippen LogP contribution in [0.4, 0.5) is 0 Å². The highest BCUT2D eigenvalue weighted by Crippen LogP contribution is 2.41. The molecule has 3 heterocycles. The minimum atomic E-state index is 0.631. The molecule has 0 unspecified atom stereocenters. The predicted octanol–water partition coefficient (Wildman–Crippen LogP) is 11.8. The van der Waals surface area contributed by atoms with Crippen LogP contribution < -0.4 is 0 Å². The smallest absolute Gasteiger partial charge is 0.164 e. The maximum Gasteiger partial charge on any atom is 0.164 e. The first-order valence-corrected chi connectivity index (χ1v) is 17.0. The summed E-state index contributed by atoms with van der Waals surface area (Å²) in [7, 11) is 0. The zero-order valence-corrected chi connectivity index (χ0v) is 27.4. The number of nitrogens with zero attached hydrogens (tertiary/aromatic N) is 4. The Morgan fingerprint density at radius 3 is 1.57 bits per heavy atom. The Balaban J connectivity index is 1.07. The van der Waals surface area contributed by atoms with Gasteiger partial charge in [0, 0.05) is 49.2 Å². The van der Waals surface area contributed by atoms with E-state index in [9.17, 15) is 0 Å². The normalized spacial score (nSPS) is 11.5. The van der Waals surface area contributed by atoms with E-state index in [1.54, 1.807) is 0 Å². The van der Waals surface area contributed by atoms with E-state index in [1.165, 1.54) is 0 Å². The van der Waals surface area contributed by atoms with Crippen molar-refractivity contribution in [1.82, 2.24) is 19.9 Å². The Hall–Kier alpha value is -6.98. The van der Waals surface area contributed by atoms with Crippen LogP contribution in [0.25, 0.3) is 100 Å². The second kappa shape index (κ2) is 11.9. The second-order valence-electron chi connectivity index (χ2n) is 12.6. The first-order valence-electron chi connectivity index (χ1n) is 17.0. The van der Waals surface area contributed by atoms with Crippen molar-refractivity contribution in [1.29, 1.82) is 0 Å². The highest BCUT2D eigenvalue weighted by atomic mass is 16.3. The number of hydrogen-bond acceptors (Lipinski definition) is 5. The van der Waals surface area contributed by atoms with Gasteiger partial charge in [-0.3, -0.25) is 0 Å². The van der Waals surface area contributed by atoms with E-state index >= 15 is 0 Å². The van der Waals surface area contributed by atoms with Crippen LogP contribution in [0.3, 0.4) is 0 Å². The molecule has 10 aromatic rings. The van der Waals surface area contributed by atoms with Crippen LogP contribution in [0.15, 0.2) is 174 Å². The van der Waals surface area contributed by atoms with Gasteiger partial charge in [0.05, 0.1) is 11.2 Å². The van der Waals surface area contributed by atoms with Crippen LogP contribution in [0.5, 0.6) is 0 Å². The summed E-state index contributed by atoms with van der Waals surface area (Å²) in [5.41, 5.74) is 9.68. The van der Waals surface area contributed by atoms with Crippen molar-refractivity contribution in [2.45, 2.75) is 0 Å². The van der Waals surface area contributed by atoms with Crippen LogP contribution in [0.1, 0.15) is 0 Å². The van der Waals surface area contributed by atoms with E-state index in [0.717, 1.165) is 82.7 Å². The van der Waals surface area contributed by atoms with E-state index in [2.05, 4.69) is 91.0 Å². The molecule has 5 nitrogen and oxygen atoms in total. The standard InChI is InChI=1S/C46H28N4O/c1-3-12-30(13-4-1)44-48-45(31-14-5-2-6-15-31)50-46(49-44)32-24-22-29(23-25-32)33-16-11-17-34(28-33)42-38-27-26-36-35-18-8-10-21-40(35)51-43(36)41(38)37-19-7-9-20-39(37)47-42/h1-28H.